The molecule has 13 heavy (non-hydrogen) atoms. The summed E-state index contributed by atoms with van der Waals surface area (Å²) in [7, 11) is 0. The first-order valence-corrected chi connectivity index (χ1v) is 5.26. The highest BCUT2D eigenvalue weighted by Crippen LogP contribution is 2.26. The first-order chi connectivity index (χ1) is 6.16. The molecule has 2 rings (SSSR count). The summed E-state index contributed by atoms with van der Waals surface area (Å²) >= 11 is 3.45. The minimum atomic E-state index is 0.366. The van der Waals surface area contributed by atoms with Crippen molar-refractivity contribution in [2.75, 3.05) is 0 Å². The summed E-state index contributed by atoms with van der Waals surface area (Å²) in [4.78, 5) is 11.2. The number of fused-ring (bicyclic) bond motifs is 1. The Morgan fingerprint density at radius 3 is 2.85 bits per heavy atom. The van der Waals surface area contributed by atoms with E-state index in [1.807, 2.05) is 0 Å². The third-order valence-corrected chi connectivity index (χ3v) is 3.03. The summed E-state index contributed by atoms with van der Waals surface area (Å²) in [6.07, 6.45) is 2.26. The van der Waals surface area contributed by atoms with Crippen molar-refractivity contribution in [2.45, 2.75) is 26.2 Å². The molecule has 1 aromatic carbocycles. The second-order valence-electron chi connectivity index (χ2n) is 3.58. The number of rotatable bonds is 0. The van der Waals surface area contributed by atoms with Crippen LogP contribution in [0.25, 0.3) is 0 Å². The normalized spacial score (nSPS) is 15.7. The molecule has 0 amide bonds. The first-order valence-electron chi connectivity index (χ1n) is 4.46. The molecular weight excluding hydrogens is 228 g/mol. The number of hydrogen-bond acceptors (Lipinski definition) is 1. The summed E-state index contributed by atoms with van der Waals surface area (Å²) in [5, 5.41) is 0. The van der Waals surface area contributed by atoms with Crippen molar-refractivity contribution < 1.29 is 4.79 Å². The highest BCUT2D eigenvalue weighted by atomic mass is 79.9. The third kappa shape index (κ3) is 1.68. The van der Waals surface area contributed by atoms with Gasteiger partial charge in [-0.1, -0.05) is 15.9 Å². The van der Waals surface area contributed by atoms with E-state index in [0.29, 0.717) is 12.2 Å². The van der Waals surface area contributed by atoms with Crippen LogP contribution in [0.2, 0.25) is 0 Å². The fraction of sp³-hybridized carbons (Fsp3) is 0.364. The van der Waals surface area contributed by atoms with Crippen LogP contribution in [-0.2, 0) is 17.6 Å². The maximum atomic E-state index is 11.2. The van der Waals surface area contributed by atoms with E-state index in [2.05, 4.69) is 35.0 Å². The van der Waals surface area contributed by atoms with Crippen LogP contribution in [0.1, 0.15) is 23.1 Å². The van der Waals surface area contributed by atoms with Gasteiger partial charge in [-0.25, -0.2) is 0 Å². The zero-order valence-corrected chi connectivity index (χ0v) is 9.15. The van der Waals surface area contributed by atoms with Crippen LogP contribution in [0, 0.1) is 6.92 Å². The quantitative estimate of drug-likeness (QED) is 0.680. The molecule has 0 N–H and O–H groups in total. The Kier molecular flexibility index (Phi) is 2.24. The van der Waals surface area contributed by atoms with Crippen molar-refractivity contribution in [3.05, 3.63) is 33.3 Å². The molecule has 1 aliphatic carbocycles. The fourth-order valence-corrected chi connectivity index (χ4v) is 2.54. The van der Waals surface area contributed by atoms with Gasteiger partial charge in [-0.15, -0.1) is 0 Å². The van der Waals surface area contributed by atoms with Crippen molar-refractivity contribution in [1.82, 2.24) is 0 Å². The predicted molar refractivity (Wildman–Crippen MR) is 55.9 cm³/mol. The van der Waals surface area contributed by atoms with Crippen molar-refractivity contribution in [3.63, 3.8) is 0 Å². The van der Waals surface area contributed by atoms with E-state index in [9.17, 15) is 4.79 Å². The van der Waals surface area contributed by atoms with E-state index < -0.39 is 0 Å². The van der Waals surface area contributed by atoms with Crippen molar-refractivity contribution in [1.29, 1.82) is 0 Å². The molecule has 68 valence electrons. The number of carbonyl (C=O) groups excluding carboxylic acids is 1. The zero-order valence-electron chi connectivity index (χ0n) is 7.56. The predicted octanol–water partition coefficient (Wildman–Crippen LogP) is 2.82. The molecule has 0 radical (unpaired) electrons. The monoisotopic (exact) mass is 238 g/mol. The molecule has 2 heteroatoms. The van der Waals surface area contributed by atoms with Gasteiger partial charge in [0.25, 0.3) is 0 Å². The van der Waals surface area contributed by atoms with Gasteiger partial charge in [0.2, 0.25) is 0 Å². The lowest BCUT2D eigenvalue weighted by molar-refractivity contribution is -0.118. The maximum absolute atomic E-state index is 11.2. The van der Waals surface area contributed by atoms with Crippen molar-refractivity contribution in [3.8, 4) is 0 Å². The highest BCUT2D eigenvalue weighted by Gasteiger charge is 2.17. The van der Waals surface area contributed by atoms with Gasteiger partial charge in [0.05, 0.1) is 0 Å². The molecule has 0 unspecified atom stereocenters. The topological polar surface area (TPSA) is 17.1 Å². The lowest BCUT2D eigenvalue weighted by Gasteiger charge is -2.17. The number of aryl methyl sites for hydroxylation is 1. The molecular formula is C11H11BrO. The van der Waals surface area contributed by atoms with Crippen molar-refractivity contribution in [2.24, 2.45) is 0 Å². The van der Waals surface area contributed by atoms with Gasteiger partial charge in [-0.3, -0.25) is 4.79 Å². The van der Waals surface area contributed by atoms with Crippen molar-refractivity contribution >= 4 is 21.7 Å². The molecule has 0 bridgehead atoms. The fourth-order valence-electron chi connectivity index (χ4n) is 1.92. The summed E-state index contributed by atoms with van der Waals surface area (Å²) in [6, 6.07) is 4.19. The molecule has 0 aliphatic heterocycles. The molecule has 0 saturated carbocycles. The molecule has 0 aromatic heterocycles. The van der Waals surface area contributed by atoms with E-state index >= 15 is 0 Å². The minimum absolute atomic E-state index is 0.366. The Balaban J connectivity index is 2.53. The molecule has 1 aliphatic rings. The molecule has 1 aromatic rings. The number of benzene rings is 1. The Hall–Kier alpha value is -0.630. The summed E-state index contributed by atoms with van der Waals surface area (Å²) in [5.74, 6) is 0.366. The van der Waals surface area contributed by atoms with Crippen LogP contribution < -0.4 is 0 Å². The lowest BCUT2D eigenvalue weighted by atomic mass is 9.88. The number of Topliss-reactive ketones (excluding diaryl/α,β-unsaturated/α-hetero) is 1. The Labute approximate surface area is 86.3 Å². The first kappa shape index (κ1) is 8.95. The summed E-state index contributed by atoms with van der Waals surface area (Å²) in [5.41, 5.74) is 3.89. The van der Waals surface area contributed by atoms with Gasteiger partial charge in [-0.05, 0) is 42.2 Å². The Bertz CT molecular complexity index is 369. The molecule has 0 fully saturated rings. The second-order valence-corrected chi connectivity index (χ2v) is 4.49. The Morgan fingerprint density at radius 1 is 1.31 bits per heavy atom. The van der Waals surface area contributed by atoms with Gasteiger partial charge >= 0.3 is 0 Å². The minimum Gasteiger partial charge on any atom is -0.299 e. The van der Waals surface area contributed by atoms with Gasteiger partial charge in [0, 0.05) is 17.3 Å². The van der Waals surface area contributed by atoms with Gasteiger partial charge in [-0.2, -0.15) is 0 Å². The molecule has 0 atom stereocenters. The molecule has 0 saturated heterocycles. The SMILES string of the molecule is Cc1cc(Br)cc2c1CCC(=O)C2. The van der Waals surface area contributed by atoms with Crippen LogP contribution in [0.15, 0.2) is 16.6 Å². The standard InChI is InChI=1S/C11H11BrO/c1-7-4-9(12)5-8-6-10(13)2-3-11(7)8/h4-5H,2-3,6H2,1H3. The summed E-state index contributed by atoms with van der Waals surface area (Å²) in [6.45, 7) is 2.11. The smallest absolute Gasteiger partial charge is 0.137 e. The molecule has 1 nitrogen and oxygen atoms in total. The molecule has 0 spiro atoms. The number of halogens is 1. The lowest BCUT2D eigenvalue weighted by Crippen LogP contribution is -2.14. The van der Waals surface area contributed by atoms with Gasteiger partial charge in [0.1, 0.15) is 5.78 Å². The third-order valence-electron chi connectivity index (χ3n) is 2.57. The largest absolute Gasteiger partial charge is 0.299 e. The Morgan fingerprint density at radius 2 is 2.08 bits per heavy atom. The van der Waals surface area contributed by atoms with Crippen LogP contribution >= 0.6 is 15.9 Å². The molecule has 0 heterocycles. The van der Waals surface area contributed by atoms with E-state index in [1.165, 1.54) is 16.7 Å². The zero-order chi connectivity index (χ0) is 9.42. The van der Waals surface area contributed by atoms with Crippen LogP contribution in [0.5, 0.6) is 0 Å². The average Bonchev–Trinajstić information content (AvgIpc) is 2.02. The van der Waals surface area contributed by atoms with E-state index in [1.54, 1.807) is 0 Å². The highest BCUT2D eigenvalue weighted by molar-refractivity contribution is 9.10. The average molecular weight is 239 g/mol. The van der Waals surface area contributed by atoms with Crippen LogP contribution in [-0.4, -0.2) is 5.78 Å². The number of carbonyl (C=O) groups is 1. The van der Waals surface area contributed by atoms with Crippen LogP contribution in [0.4, 0.5) is 0 Å². The summed E-state index contributed by atoms with van der Waals surface area (Å²) < 4.78 is 1.08. The number of hydrogen-bond donors (Lipinski definition) is 0. The number of ketones is 1. The van der Waals surface area contributed by atoms with E-state index in [0.717, 1.165) is 17.3 Å². The van der Waals surface area contributed by atoms with Crippen LogP contribution in [0.3, 0.4) is 0 Å². The van der Waals surface area contributed by atoms with E-state index in [4.69, 9.17) is 0 Å². The van der Waals surface area contributed by atoms with E-state index in [-0.39, 0.29) is 0 Å². The maximum Gasteiger partial charge on any atom is 0.137 e. The van der Waals surface area contributed by atoms with Gasteiger partial charge in [0.15, 0.2) is 0 Å². The van der Waals surface area contributed by atoms with Gasteiger partial charge < -0.3 is 0 Å². The second kappa shape index (κ2) is 3.26.